The lowest BCUT2D eigenvalue weighted by Gasteiger charge is -2.09. The molecule has 0 saturated carbocycles. The zero-order chi connectivity index (χ0) is 16.3. The second kappa shape index (κ2) is 6.53. The third kappa shape index (κ3) is 3.89. The zero-order valence-corrected chi connectivity index (χ0v) is 13.2. The van der Waals surface area contributed by atoms with E-state index in [9.17, 15) is 18.3 Å². The minimum absolute atomic E-state index is 0.0730. The maximum atomic E-state index is 12.0. The molecule has 0 saturated heterocycles. The molecule has 2 aromatic carbocycles. The van der Waals surface area contributed by atoms with Crippen molar-refractivity contribution < 1.29 is 18.3 Å². The molecule has 0 bridgehead atoms. The van der Waals surface area contributed by atoms with E-state index in [1.807, 2.05) is 10.3 Å². The van der Waals surface area contributed by atoms with Crippen LogP contribution in [0.25, 0.3) is 0 Å². The van der Waals surface area contributed by atoms with Crippen LogP contribution in [0.4, 0.5) is 0 Å². The normalized spacial score (nSPS) is 11.2. The van der Waals surface area contributed by atoms with E-state index in [1.165, 1.54) is 36.4 Å². The number of carbonyl (C=O) groups excluding carboxylic acids is 1. The van der Waals surface area contributed by atoms with Crippen LogP contribution in [0.3, 0.4) is 0 Å². The van der Waals surface area contributed by atoms with Crippen molar-refractivity contribution in [3.8, 4) is 5.75 Å². The predicted octanol–water partition coefficient (Wildman–Crippen LogP) is 2.32. The summed E-state index contributed by atoms with van der Waals surface area (Å²) in [7, 11) is -4.00. The molecule has 9 heteroatoms. The summed E-state index contributed by atoms with van der Waals surface area (Å²) in [5.41, 5.74) is 2.13. The monoisotopic (exact) mass is 360 g/mol. The Morgan fingerprint density at radius 2 is 1.77 bits per heavy atom. The maximum absolute atomic E-state index is 12.0. The van der Waals surface area contributed by atoms with Gasteiger partial charge in [-0.1, -0.05) is 29.3 Å². The molecule has 2 aromatic rings. The van der Waals surface area contributed by atoms with E-state index in [1.54, 1.807) is 0 Å². The van der Waals surface area contributed by atoms with Gasteiger partial charge in [0, 0.05) is 5.56 Å². The van der Waals surface area contributed by atoms with Gasteiger partial charge >= 0.3 is 0 Å². The number of halogens is 2. The number of phenols is 1. The summed E-state index contributed by atoms with van der Waals surface area (Å²) in [5.74, 6) is -0.834. The Kier molecular flexibility index (Phi) is 4.92. The smallest absolute Gasteiger partial charge is 0.266 e. The van der Waals surface area contributed by atoms with Gasteiger partial charge in [-0.25, -0.2) is 8.42 Å². The van der Waals surface area contributed by atoms with Gasteiger partial charge < -0.3 is 5.11 Å². The van der Waals surface area contributed by atoms with Crippen LogP contribution < -0.4 is 10.3 Å². The number of hydrazine groups is 1. The van der Waals surface area contributed by atoms with Crippen LogP contribution in [0.2, 0.25) is 10.0 Å². The summed E-state index contributed by atoms with van der Waals surface area (Å²) in [5, 5.41) is 9.56. The molecule has 22 heavy (non-hydrogen) atoms. The first-order valence-corrected chi connectivity index (χ1v) is 8.10. The molecular formula is C13H10Cl2N2O4S. The average Bonchev–Trinajstić information content (AvgIpc) is 2.47. The van der Waals surface area contributed by atoms with Crippen molar-refractivity contribution in [3.63, 3.8) is 0 Å². The van der Waals surface area contributed by atoms with Crippen molar-refractivity contribution in [2.45, 2.75) is 4.90 Å². The lowest BCUT2D eigenvalue weighted by Crippen LogP contribution is -2.41. The lowest BCUT2D eigenvalue weighted by molar-refractivity contribution is 0.0944. The van der Waals surface area contributed by atoms with Crippen LogP contribution >= 0.6 is 23.2 Å². The van der Waals surface area contributed by atoms with Gasteiger partial charge in [-0.3, -0.25) is 10.2 Å². The Hall–Kier alpha value is -1.80. The van der Waals surface area contributed by atoms with Gasteiger partial charge in [-0.15, -0.1) is 4.83 Å². The summed E-state index contributed by atoms with van der Waals surface area (Å²) in [6.07, 6.45) is 0. The van der Waals surface area contributed by atoms with Gasteiger partial charge in [0.15, 0.2) is 0 Å². The SMILES string of the molecule is O=C(NNS(=O)(=O)c1ccc(Cl)c(Cl)c1)c1cccc(O)c1. The molecule has 0 atom stereocenters. The van der Waals surface area contributed by atoms with Crippen LogP contribution in [0.1, 0.15) is 10.4 Å². The van der Waals surface area contributed by atoms with E-state index in [-0.39, 0.29) is 26.3 Å². The molecule has 0 unspecified atom stereocenters. The van der Waals surface area contributed by atoms with Gasteiger partial charge in [0.2, 0.25) is 0 Å². The molecule has 0 aliphatic rings. The van der Waals surface area contributed by atoms with Gasteiger partial charge in [0.25, 0.3) is 15.9 Å². The number of carbonyl (C=O) groups is 1. The van der Waals surface area contributed by atoms with Gasteiger partial charge in [0.05, 0.1) is 14.9 Å². The molecule has 3 N–H and O–H groups in total. The molecule has 6 nitrogen and oxygen atoms in total. The second-order valence-corrected chi connectivity index (χ2v) is 6.68. The molecule has 1 amide bonds. The maximum Gasteiger partial charge on any atom is 0.266 e. The third-order valence-electron chi connectivity index (χ3n) is 2.61. The van der Waals surface area contributed by atoms with Crippen LogP contribution in [0.5, 0.6) is 5.75 Å². The molecule has 0 radical (unpaired) electrons. The van der Waals surface area contributed by atoms with Crippen LogP contribution in [-0.4, -0.2) is 19.4 Å². The zero-order valence-electron chi connectivity index (χ0n) is 10.9. The number of sulfonamides is 1. The standard InChI is InChI=1S/C13H10Cl2N2O4S/c14-11-5-4-10(7-12(11)15)22(20,21)17-16-13(19)8-2-1-3-9(18)6-8/h1-7,17-18H,(H,16,19). The summed E-state index contributed by atoms with van der Waals surface area (Å²) in [4.78, 5) is 13.6. The van der Waals surface area contributed by atoms with Crippen LogP contribution in [-0.2, 0) is 10.0 Å². The molecule has 2 rings (SSSR count). The molecular weight excluding hydrogens is 351 g/mol. The van der Waals surface area contributed by atoms with Crippen LogP contribution in [0, 0.1) is 0 Å². The Morgan fingerprint density at radius 1 is 1.05 bits per heavy atom. The van der Waals surface area contributed by atoms with Crippen LogP contribution in [0.15, 0.2) is 47.4 Å². The highest BCUT2D eigenvalue weighted by Crippen LogP contribution is 2.24. The number of benzene rings is 2. The Morgan fingerprint density at radius 3 is 2.41 bits per heavy atom. The predicted molar refractivity (Wildman–Crippen MR) is 82.4 cm³/mol. The van der Waals surface area contributed by atoms with Gasteiger partial charge in [-0.2, -0.15) is 0 Å². The number of hydrogen-bond acceptors (Lipinski definition) is 4. The molecule has 0 aliphatic heterocycles. The lowest BCUT2D eigenvalue weighted by atomic mass is 10.2. The van der Waals surface area contributed by atoms with Gasteiger partial charge in [0.1, 0.15) is 5.75 Å². The van der Waals surface area contributed by atoms with Crippen molar-refractivity contribution in [3.05, 3.63) is 58.1 Å². The largest absolute Gasteiger partial charge is 0.508 e. The highest BCUT2D eigenvalue weighted by atomic mass is 35.5. The quantitative estimate of drug-likeness (QED) is 0.729. The highest BCUT2D eigenvalue weighted by molar-refractivity contribution is 7.89. The first kappa shape index (κ1) is 16.6. The fourth-order valence-electron chi connectivity index (χ4n) is 1.54. The molecule has 116 valence electrons. The summed E-state index contributed by atoms with van der Waals surface area (Å²) in [6, 6.07) is 9.19. The third-order valence-corrected chi connectivity index (χ3v) is 4.59. The molecule has 0 spiro atoms. The summed E-state index contributed by atoms with van der Waals surface area (Å²) < 4.78 is 24.0. The highest BCUT2D eigenvalue weighted by Gasteiger charge is 2.17. The molecule has 0 aromatic heterocycles. The van der Waals surface area contributed by atoms with E-state index < -0.39 is 15.9 Å². The van der Waals surface area contributed by atoms with E-state index in [2.05, 4.69) is 0 Å². The Labute approximate surface area is 136 Å². The molecule has 0 aliphatic carbocycles. The number of rotatable bonds is 4. The number of phenolic OH excluding ortho intramolecular Hbond substituents is 1. The topological polar surface area (TPSA) is 95.5 Å². The van der Waals surface area contributed by atoms with E-state index in [0.717, 1.165) is 6.07 Å². The Balaban J connectivity index is 2.12. The number of aromatic hydroxyl groups is 1. The van der Waals surface area contributed by atoms with Gasteiger partial charge in [-0.05, 0) is 36.4 Å². The molecule has 0 fully saturated rings. The first-order chi connectivity index (χ1) is 10.3. The molecule has 0 heterocycles. The van der Waals surface area contributed by atoms with E-state index in [0.29, 0.717) is 0 Å². The average molecular weight is 361 g/mol. The fraction of sp³-hybridized carbons (Fsp3) is 0. The van der Waals surface area contributed by atoms with Crippen molar-refractivity contribution >= 4 is 39.1 Å². The Bertz CT molecular complexity index is 825. The number of nitrogens with one attached hydrogen (secondary N) is 2. The number of amides is 1. The minimum atomic E-state index is -4.00. The minimum Gasteiger partial charge on any atom is -0.508 e. The van der Waals surface area contributed by atoms with Crippen molar-refractivity contribution in [2.24, 2.45) is 0 Å². The summed E-state index contributed by atoms with van der Waals surface area (Å²) in [6.45, 7) is 0. The summed E-state index contributed by atoms with van der Waals surface area (Å²) >= 11 is 11.5. The van der Waals surface area contributed by atoms with Crippen molar-refractivity contribution in [1.82, 2.24) is 10.3 Å². The fourth-order valence-corrected chi connectivity index (χ4v) is 2.76. The van der Waals surface area contributed by atoms with Crippen molar-refractivity contribution in [1.29, 1.82) is 0 Å². The van der Waals surface area contributed by atoms with E-state index >= 15 is 0 Å². The van der Waals surface area contributed by atoms with Crippen molar-refractivity contribution in [2.75, 3.05) is 0 Å². The van der Waals surface area contributed by atoms with E-state index in [4.69, 9.17) is 23.2 Å². The second-order valence-electron chi connectivity index (χ2n) is 4.19. The first-order valence-electron chi connectivity index (χ1n) is 5.86. The number of hydrogen-bond donors (Lipinski definition) is 3.